The summed E-state index contributed by atoms with van der Waals surface area (Å²) in [7, 11) is 0. The summed E-state index contributed by atoms with van der Waals surface area (Å²) in [5, 5.41) is 21.4. The molecule has 0 saturated carbocycles. The maximum absolute atomic E-state index is 13.4. The van der Waals surface area contributed by atoms with Crippen LogP contribution in [0.4, 0.5) is 5.69 Å². The van der Waals surface area contributed by atoms with Crippen LogP contribution in [0.25, 0.3) is 22.3 Å². The SMILES string of the molecule is CC[C@@]1(O)C(=O)OCc2c1cc1n(c2=O)Cc2c-1nc1cc(I)c(N)cc1c2CCCO. The van der Waals surface area contributed by atoms with Gasteiger partial charge < -0.3 is 25.3 Å². The van der Waals surface area contributed by atoms with Crippen LogP contribution in [0.15, 0.2) is 23.0 Å². The number of nitrogens with two attached hydrogens (primary N) is 1. The van der Waals surface area contributed by atoms with Crippen LogP contribution >= 0.6 is 22.6 Å². The summed E-state index contributed by atoms with van der Waals surface area (Å²) >= 11 is 2.16. The number of aromatic nitrogens is 2. The lowest BCUT2D eigenvalue weighted by Crippen LogP contribution is -2.44. The summed E-state index contributed by atoms with van der Waals surface area (Å²) < 4.78 is 7.64. The van der Waals surface area contributed by atoms with Gasteiger partial charge in [-0.25, -0.2) is 9.78 Å². The number of anilines is 1. The van der Waals surface area contributed by atoms with Gasteiger partial charge in [0.15, 0.2) is 5.60 Å². The molecule has 166 valence electrons. The smallest absolute Gasteiger partial charge is 0.343 e. The zero-order valence-corrected chi connectivity index (χ0v) is 19.6. The molecule has 0 aliphatic carbocycles. The maximum atomic E-state index is 13.4. The van der Waals surface area contributed by atoms with E-state index in [1.807, 2.05) is 12.1 Å². The first kappa shape index (κ1) is 21.4. The molecule has 0 amide bonds. The number of halogens is 1. The number of hydrogen-bond donors (Lipinski definition) is 3. The topological polar surface area (TPSA) is 128 Å². The van der Waals surface area contributed by atoms with Crippen LogP contribution in [-0.2, 0) is 34.7 Å². The van der Waals surface area contributed by atoms with Crippen LogP contribution in [0.3, 0.4) is 0 Å². The van der Waals surface area contributed by atoms with E-state index in [4.69, 9.17) is 15.5 Å². The van der Waals surface area contributed by atoms with Crippen molar-refractivity contribution in [1.29, 1.82) is 0 Å². The second-order valence-corrected chi connectivity index (χ2v) is 9.40. The number of carbonyl (C=O) groups is 1. The van der Waals surface area contributed by atoms with Gasteiger partial charge in [0.2, 0.25) is 0 Å². The Balaban J connectivity index is 1.81. The molecule has 2 aromatic heterocycles. The van der Waals surface area contributed by atoms with Crippen molar-refractivity contribution < 1.29 is 19.7 Å². The van der Waals surface area contributed by atoms with Crippen molar-refractivity contribution in [2.45, 2.75) is 44.9 Å². The predicted octanol–water partition coefficient (Wildman–Crippen LogP) is 2.19. The van der Waals surface area contributed by atoms with Crippen LogP contribution in [-0.4, -0.2) is 32.3 Å². The van der Waals surface area contributed by atoms with E-state index < -0.39 is 11.6 Å². The van der Waals surface area contributed by atoms with E-state index in [0.29, 0.717) is 47.6 Å². The number of carbonyl (C=O) groups excluding carboxylic acids is 1. The van der Waals surface area contributed by atoms with E-state index >= 15 is 0 Å². The molecule has 0 unspecified atom stereocenters. The fourth-order valence-corrected chi connectivity index (χ4v) is 5.19. The van der Waals surface area contributed by atoms with Gasteiger partial charge >= 0.3 is 5.97 Å². The number of aliphatic hydroxyl groups excluding tert-OH is 1. The summed E-state index contributed by atoms with van der Waals surface area (Å²) in [6.45, 7) is 1.89. The molecule has 0 spiro atoms. The van der Waals surface area contributed by atoms with Gasteiger partial charge in [0.1, 0.15) is 6.61 Å². The number of rotatable bonds is 4. The zero-order chi connectivity index (χ0) is 22.8. The number of fused-ring (bicyclic) bond motifs is 5. The summed E-state index contributed by atoms with van der Waals surface area (Å²) in [5.41, 5.74) is 9.14. The minimum absolute atomic E-state index is 0.0443. The Morgan fingerprint density at radius 1 is 1.28 bits per heavy atom. The van der Waals surface area contributed by atoms with Crippen molar-refractivity contribution in [3.05, 3.63) is 54.4 Å². The number of ether oxygens (including phenoxy) is 1. The minimum Gasteiger partial charge on any atom is -0.458 e. The van der Waals surface area contributed by atoms with Crippen LogP contribution in [0.5, 0.6) is 0 Å². The molecular formula is C23H22IN3O5. The van der Waals surface area contributed by atoms with Gasteiger partial charge in [0.05, 0.1) is 29.0 Å². The lowest BCUT2D eigenvalue weighted by atomic mass is 9.86. The van der Waals surface area contributed by atoms with Crippen molar-refractivity contribution in [2.75, 3.05) is 12.3 Å². The highest BCUT2D eigenvalue weighted by Gasteiger charge is 2.45. The molecule has 0 saturated heterocycles. The Morgan fingerprint density at radius 2 is 2.06 bits per heavy atom. The number of nitrogens with zero attached hydrogens (tertiary/aromatic N) is 2. The summed E-state index contributed by atoms with van der Waals surface area (Å²) in [4.78, 5) is 30.6. The highest BCUT2D eigenvalue weighted by Crippen LogP contribution is 2.41. The van der Waals surface area contributed by atoms with E-state index in [9.17, 15) is 19.8 Å². The van der Waals surface area contributed by atoms with Gasteiger partial charge in [-0.2, -0.15) is 0 Å². The first-order valence-electron chi connectivity index (χ1n) is 10.5. The number of aliphatic hydroxyl groups is 2. The molecule has 9 heteroatoms. The normalized spacial score (nSPS) is 18.9. The van der Waals surface area contributed by atoms with Crippen LogP contribution < -0.4 is 11.3 Å². The molecule has 0 fully saturated rings. The fourth-order valence-electron chi connectivity index (χ4n) is 4.74. The number of aryl methyl sites for hydroxylation is 1. The summed E-state index contributed by atoms with van der Waals surface area (Å²) in [6.07, 6.45) is 1.27. The average molecular weight is 547 g/mol. The van der Waals surface area contributed by atoms with Crippen LogP contribution in [0.2, 0.25) is 0 Å². The molecule has 32 heavy (non-hydrogen) atoms. The van der Waals surface area contributed by atoms with Gasteiger partial charge in [-0.3, -0.25) is 4.79 Å². The molecule has 0 bridgehead atoms. The summed E-state index contributed by atoms with van der Waals surface area (Å²) in [5.74, 6) is -0.741. The lowest BCUT2D eigenvalue weighted by molar-refractivity contribution is -0.172. The van der Waals surface area contributed by atoms with Crippen molar-refractivity contribution >= 4 is 45.2 Å². The lowest BCUT2D eigenvalue weighted by Gasteiger charge is -2.31. The molecule has 8 nitrogen and oxygen atoms in total. The average Bonchev–Trinajstić information content (AvgIpc) is 3.14. The Labute approximate surface area is 197 Å². The Bertz CT molecular complexity index is 1370. The minimum atomic E-state index is -1.86. The molecule has 3 aromatic rings. The quantitative estimate of drug-likeness (QED) is 0.203. The van der Waals surface area contributed by atoms with Crippen LogP contribution in [0, 0.1) is 3.57 Å². The molecule has 1 atom stereocenters. The van der Waals surface area contributed by atoms with Gasteiger partial charge in [-0.1, -0.05) is 6.92 Å². The molecular weight excluding hydrogens is 525 g/mol. The number of pyridine rings is 2. The van der Waals surface area contributed by atoms with E-state index in [1.54, 1.807) is 17.6 Å². The zero-order valence-electron chi connectivity index (χ0n) is 17.4. The molecule has 2 aliphatic heterocycles. The highest BCUT2D eigenvalue weighted by atomic mass is 127. The first-order valence-corrected chi connectivity index (χ1v) is 11.6. The van der Waals surface area contributed by atoms with Gasteiger partial charge in [-0.15, -0.1) is 0 Å². The number of cyclic esters (lactones) is 1. The van der Waals surface area contributed by atoms with Gasteiger partial charge in [-0.05, 0) is 65.6 Å². The third kappa shape index (κ3) is 2.91. The largest absolute Gasteiger partial charge is 0.458 e. The first-order chi connectivity index (χ1) is 15.3. The number of benzene rings is 1. The molecule has 4 N–H and O–H groups in total. The third-order valence-corrected chi connectivity index (χ3v) is 7.44. The molecule has 5 rings (SSSR count). The fraction of sp³-hybridized carbons (Fsp3) is 0.348. The Hall–Kier alpha value is -2.50. The molecule has 1 aromatic carbocycles. The van der Waals surface area contributed by atoms with E-state index in [2.05, 4.69) is 22.6 Å². The Kier molecular flexibility index (Phi) is 5.02. The van der Waals surface area contributed by atoms with Crippen molar-refractivity contribution in [1.82, 2.24) is 9.55 Å². The van der Waals surface area contributed by atoms with Gasteiger partial charge in [0.25, 0.3) is 5.56 Å². The van der Waals surface area contributed by atoms with E-state index in [1.165, 1.54) is 0 Å². The maximum Gasteiger partial charge on any atom is 0.343 e. The van der Waals surface area contributed by atoms with E-state index in [-0.39, 0.29) is 25.2 Å². The molecule has 0 radical (unpaired) electrons. The third-order valence-electron chi connectivity index (χ3n) is 6.51. The second kappa shape index (κ2) is 7.53. The monoisotopic (exact) mass is 547 g/mol. The number of nitrogen functional groups attached to an aromatic ring is 1. The van der Waals surface area contributed by atoms with E-state index in [0.717, 1.165) is 25.6 Å². The number of hydrogen-bond acceptors (Lipinski definition) is 7. The second-order valence-electron chi connectivity index (χ2n) is 8.24. The number of esters is 1. The molecule has 2 aliphatic rings. The predicted molar refractivity (Wildman–Crippen MR) is 127 cm³/mol. The van der Waals surface area contributed by atoms with Crippen molar-refractivity contribution in [3.8, 4) is 11.4 Å². The Morgan fingerprint density at radius 3 is 2.78 bits per heavy atom. The standard InChI is InChI=1S/C23H22IN3O5/c1-2-23(31)15-7-19-20-13(9-27(19)21(29)14(15)10-32-22(23)30)11(4-3-5-28)12-6-17(25)16(24)8-18(12)26-20/h6-8,28,31H,2-5,9-10,25H2,1H3/t23-/m0/s1. The summed E-state index contributed by atoms with van der Waals surface area (Å²) in [6, 6.07) is 5.52. The van der Waals surface area contributed by atoms with Crippen LogP contribution in [0.1, 0.15) is 42.0 Å². The van der Waals surface area contributed by atoms with Crippen molar-refractivity contribution in [3.63, 3.8) is 0 Å². The van der Waals surface area contributed by atoms with Gasteiger partial charge in [0, 0.05) is 32.4 Å². The van der Waals surface area contributed by atoms with Crippen molar-refractivity contribution in [2.24, 2.45) is 0 Å². The highest BCUT2D eigenvalue weighted by molar-refractivity contribution is 14.1. The molecule has 4 heterocycles.